The van der Waals surface area contributed by atoms with Crippen LogP contribution < -0.4 is 11.1 Å². The van der Waals surface area contributed by atoms with Crippen molar-refractivity contribution in [3.63, 3.8) is 0 Å². The van der Waals surface area contributed by atoms with Gasteiger partial charge in [0.1, 0.15) is 17.7 Å². The Kier molecular flexibility index (Phi) is 2.81. The Bertz CT molecular complexity index is 978. The highest BCUT2D eigenvalue weighted by Crippen LogP contribution is 2.36. The maximum absolute atomic E-state index is 13.1. The minimum atomic E-state index is -0.454. The molecule has 3 aromatic rings. The Hall–Kier alpha value is -3.33. The Labute approximate surface area is 131 Å². The second-order valence-electron chi connectivity index (χ2n) is 5.30. The molecule has 3 N–H and O–H groups in total. The summed E-state index contributed by atoms with van der Waals surface area (Å²) in [6.07, 6.45) is 0. The van der Waals surface area contributed by atoms with E-state index in [1.165, 1.54) is 12.1 Å². The van der Waals surface area contributed by atoms with Gasteiger partial charge in [-0.25, -0.2) is 9.37 Å². The van der Waals surface area contributed by atoms with Crippen LogP contribution in [0.15, 0.2) is 54.1 Å². The molecule has 2 aromatic carbocycles. The highest BCUT2D eigenvalue weighted by atomic mass is 19.1. The molecule has 2 heterocycles. The van der Waals surface area contributed by atoms with Crippen LogP contribution in [-0.2, 0) is 0 Å². The van der Waals surface area contributed by atoms with Crippen LogP contribution in [0, 0.1) is 17.1 Å². The molecular weight excluding hydrogens is 293 g/mol. The first-order valence-electron chi connectivity index (χ1n) is 7.08. The van der Waals surface area contributed by atoms with Crippen LogP contribution in [0.2, 0.25) is 0 Å². The quantitative estimate of drug-likeness (QED) is 0.724. The molecule has 23 heavy (non-hydrogen) atoms. The second kappa shape index (κ2) is 4.85. The molecule has 0 bridgehead atoms. The molecule has 0 saturated heterocycles. The van der Waals surface area contributed by atoms with E-state index in [0.29, 0.717) is 17.3 Å². The maximum Gasteiger partial charge on any atom is 0.210 e. The number of fused-ring (bicyclic) bond motifs is 3. The average Bonchev–Trinajstić information content (AvgIpc) is 2.94. The molecule has 112 valence electrons. The van der Waals surface area contributed by atoms with Crippen molar-refractivity contribution in [1.82, 2.24) is 9.55 Å². The van der Waals surface area contributed by atoms with E-state index in [4.69, 9.17) is 5.73 Å². The Balaban J connectivity index is 1.92. The van der Waals surface area contributed by atoms with E-state index in [1.54, 1.807) is 16.7 Å². The highest BCUT2D eigenvalue weighted by molar-refractivity contribution is 5.85. The van der Waals surface area contributed by atoms with Crippen LogP contribution in [0.3, 0.4) is 0 Å². The number of anilines is 1. The van der Waals surface area contributed by atoms with Gasteiger partial charge < -0.3 is 11.1 Å². The van der Waals surface area contributed by atoms with Crippen LogP contribution in [0.1, 0.15) is 11.6 Å². The van der Waals surface area contributed by atoms with Gasteiger partial charge in [0.2, 0.25) is 5.95 Å². The van der Waals surface area contributed by atoms with Gasteiger partial charge in [-0.3, -0.25) is 4.57 Å². The maximum atomic E-state index is 13.1. The van der Waals surface area contributed by atoms with E-state index in [-0.39, 0.29) is 5.82 Å². The highest BCUT2D eigenvalue weighted by Gasteiger charge is 2.29. The fourth-order valence-electron chi connectivity index (χ4n) is 2.86. The summed E-state index contributed by atoms with van der Waals surface area (Å²) < 4.78 is 14.9. The summed E-state index contributed by atoms with van der Waals surface area (Å²) in [5.74, 6) is 0.577. The number of nitrogens with two attached hydrogens (primary N) is 1. The smallest absolute Gasteiger partial charge is 0.210 e. The lowest BCUT2D eigenvalue weighted by atomic mass is 9.98. The number of nitrogens with zero attached hydrogens (tertiary/aromatic N) is 3. The third kappa shape index (κ3) is 1.94. The monoisotopic (exact) mass is 305 g/mol. The molecule has 1 aliphatic heterocycles. The lowest BCUT2D eigenvalue weighted by molar-refractivity contribution is 0.626. The number of imidazole rings is 1. The molecule has 0 fully saturated rings. The SMILES string of the molecule is N#CC1=C(N)n2c(nc3ccccc32)N[C@@H]1c1ccc(F)cc1. The van der Waals surface area contributed by atoms with E-state index in [9.17, 15) is 9.65 Å². The van der Waals surface area contributed by atoms with Crippen molar-refractivity contribution in [2.75, 3.05) is 5.32 Å². The van der Waals surface area contributed by atoms with Gasteiger partial charge in [0, 0.05) is 0 Å². The zero-order chi connectivity index (χ0) is 16.0. The minimum Gasteiger partial charge on any atom is -0.384 e. The molecule has 0 aliphatic carbocycles. The largest absolute Gasteiger partial charge is 0.384 e. The topological polar surface area (TPSA) is 79.7 Å². The molecule has 4 rings (SSSR count). The summed E-state index contributed by atoms with van der Waals surface area (Å²) in [4.78, 5) is 4.52. The van der Waals surface area contributed by atoms with E-state index in [1.807, 2.05) is 24.3 Å². The summed E-state index contributed by atoms with van der Waals surface area (Å²) in [6.45, 7) is 0. The van der Waals surface area contributed by atoms with Crippen molar-refractivity contribution in [3.8, 4) is 6.07 Å². The Morgan fingerprint density at radius 1 is 1.17 bits per heavy atom. The van der Waals surface area contributed by atoms with Crippen LogP contribution in [-0.4, -0.2) is 9.55 Å². The average molecular weight is 305 g/mol. The number of nitriles is 1. The minimum absolute atomic E-state index is 0.327. The van der Waals surface area contributed by atoms with Gasteiger partial charge in [-0.15, -0.1) is 0 Å². The number of benzene rings is 2. The molecule has 1 aliphatic rings. The van der Waals surface area contributed by atoms with Crippen molar-refractivity contribution in [2.45, 2.75) is 6.04 Å². The van der Waals surface area contributed by atoms with Gasteiger partial charge in [0.05, 0.1) is 22.6 Å². The van der Waals surface area contributed by atoms with Gasteiger partial charge in [-0.1, -0.05) is 24.3 Å². The zero-order valence-electron chi connectivity index (χ0n) is 12.0. The van der Waals surface area contributed by atoms with E-state index in [0.717, 1.165) is 16.6 Å². The third-order valence-corrected chi connectivity index (χ3v) is 3.96. The number of hydrogen-bond donors (Lipinski definition) is 2. The van der Waals surface area contributed by atoms with Crippen molar-refractivity contribution in [2.24, 2.45) is 5.73 Å². The molecule has 0 amide bonds. The second-order valence-corrected chi connectivity index (χ2v) is 5.30. The van der Waals surface area contributed by atoms with Gasteiger partial charge >= 0.3 is 0 Å². The third-order valence-electron chi connectivity index (χ3n) is 3.96. The van der Waals surface area contributed by atoms with Gasteiger partial charge in [0.15, 0.2) is 0 Å². The van der Waals surface area contributed by atoms with Crippen LogP contribution in [0.5, 0.6) is 0 Å². The van der Waals surface area contributed by atoms with E-state index < -0.39 is 6.04 Å². The van der Waals surface area contributed by atoms with E-state index >= 15 is 0 Å². The number of aromatic nitrogens is 2. The van der Waals surface area contributed by atoms with Crippen LogP contribution in [0.25, 0.3) is 16.9 Å². The normalized spacial score (nSPS) is 16.8. The zero-order valence-corrected chi connectivity index (χ0v) is 12.0. The van der Waals surface area contributed by atoms with Crippen molar-refractivity contribution in [1.29, 1.82) is 5.26 Å². The molecule has 1 atom stereocenters. The summed E-state index contributed by atoms with van der Waals surface area (Å²) in [5.41, 5.74) is 8.99. The summed E-state index contributed by atoms with van der Waals surface area (Å²) >= 11 is 0. The predicted molar refractivity (Wildman–Crippen MR) is 85.5 cm³/mol. The molecule has 0 unspecified atom stereocenters. The van der Waals surface area contributed by atoms with Crippen molar-refractivity contribution < 1.29 is 4.39 Å². The predicted octanol–water partition coefficient (Wildman–Crippen LogP) is 2.99. The fraction of sp³-hybridized carbons (Fsp3) is 0.0588. The van der Waals surface area contributed by atoms with Gasteiger partial charge in [-0.2, -0.15) is 5.26 Å². The number of nitrogens with one attached hydrogen (secondary N) is 1. The molecular formula is C17H12FN5. The number of halogens is 1. The Morgan fingerprint density at radius 3 is 2.65 bits per heavy atom. The molecule has 0 radical (unpaired) electrons. The lowest BCUT2D eigenvalue weighted by Gasteiger charge is -2.26. The fourth-order valence-corrected chi connectivity index (χ4v) is 2.86. The van der Waals surface area contributed by atoms with Crippen molar-refractivity contribution >= 4 is 22.8 Å². The van der Waals surface area contributed by atoms with Crippen molar-refractivity contribution in [3.05, 3.63) is 65.5 Å². The molecule has 5 nitrogen and oxygen atoms in total. The van der Waals surface area contributed by atoms with Crippen LogP contribution >= 0.6 is 0 Å². The van der Waals surface area contributed by atoms with Gasteiger partial charge in [-0.05, 0) is 29.8 Å². The number of hydrogen-bond acceptors (Lipinski definition) is 4. The molecule has 0 spiro atoms. The first kappa shape index (κ1) is 13.3. The van der Waals surface area contributed by atoms with Gasteiger partial charge in [0.25, 0.3) is 0 Å². The molecule has 6 heteroatoms. The number of para-hydroxylation sites is 2. The summed E-state index contributed by atoms with van der Waals surface area (Å²) in [6, 6.07) is 15.3. The Morgan fingerprint density at radius 2 is 1.91 bits per heavy atom. The van der Waals surface area contributed by atoms with Crippen LogP contribution in [0.4, 0.5) is 10.3 Å². The van der Waals surface area contributed by atoms with E-state index in [2.05, 4.69) is 16.4 Å². The standard InChI is InChI=1S/C17H12FN5/c18-11-7-5-10(6-8-11)15-12(9-19)16(20)23-14-4-2-1-3-13(14)21-17(23)22-15/h1-8,15H,20H2,(H,21,22)/t15-/m1/s1. The molecule has 1 aromatic heterocycles. The first-order chi connectivity index (χ1) is 11.2. The molecule has 0 saturated carbocycles. The lowest BCUT2D eigenvalue weighted by Crippen LogP contribution is -2.26. The summed E-state index contributed by atoms with van der Waals surface area (Å²) in [5, 5.41) is 12.8. The summed E-state index contributed by atoms with van der Waals surface area (Å²) in [7, 11) is 0. The first-order valence-corrected chi connectivity index (χ1v) is 7.08. The number of rotatable bonds is 1.